The summed E-state index contributed by atoms with van der Waals surface area (Å²) in [5.41, 5.74) is 3.77. The zero-order chi connectivity index (χ0) is 43.5. The second-order valence-corrected chi connectivity index (χ2v) is 15.7. The normalized spacial score (nSPS) is 14.4. The molecule has 4 heterocycles. The highest BCUT2D eigenvalue weighted by atomic mass is 19.1. The van der Waals surface area contributed by atoms with Gasteiger partial charge < -0.3 is 28.2 Å². The highest BCUT2D eigenvalue weighted by Gasteiger charge is 2.34. The van der Waals surface area contributed by atoms with Crippen LogP contribution in [0, 0.1) is 23.5 Å². The van der Waals surface area contributed by atoms with Crippen LogP contribution in [0.2, 0.25) is 0 Å². The first kappa shape index (κ1) is 41.1. The number of carboxylic acids is 1. The molecule has 63 heavy (non-hydrogen) atoms. The number of carboxylic acid groups (broad SMARTS) is 1. The van der Waals surface area contributed by atoms with Crippen molar-refractivity contribution in [1.29, 1.82) is 0 Å². The van der Waals surface area contributed by atoms with Crippen LogP contribution < -0.4 is 9.47 Å². The van der Waals surface area contributed by atoms with Gasteiger partial charge in [0.05, 0.1) is 30.1 Å². The molecule has 0 radical (unpaired) electrons. The highest BCUT2D eigenvalue weighted by molar-refractivity contribution is 5.85. The molecule has 0 unspecified atom stereocenters. The van der Waals surface area contributed by atoms with E-state index in [-0.39, 0.29) is 29.4 Å². The minimum Gasteiger partial charge on any atom is -0.481 e. The number of aliphatic carboxylic acids is 1. The molecule has 0 spiro atoms. The molecule has 10 nitrogen and oxygen atoms in total. The summed E-state index contributed by atoms with van der Waals surface area (Å²) in [5.74, 6) is 1.68. The number of carbonyl (C=O) groups is 2. The van der Waals surface area contributed by atoms with Crippen molar-refractivity contribution in [1.82, 2.24) is 9.80 Å². The van der Waals surface area contributed by atoms with Gasteiger partial charge in [0.2, 0.25) is 0 Å². The first-order valence-electron chi connectivity index (χ1n) is 20.5. The van der Waals surface area contributed by atoms with Gasteiger partial charge in [0.25, 0.3) is 0 Å². The van der Waals surface area contributed by atoms with Gasteiger partial charge in [-0.1, -0.05) is 48.5 Å². The number of fused-ring (bicyclic) bond motifs is 2. The average molecular weight is 849 g/mol. The summed E-state index contributed by atoms with van der Waals surface area (Å²) in [7, 11) is 1.40. The van der Waals surface area contributed by atoms with Crippen molar-refractivity contribution < 1.29 is 46.5 Å². The minimum atomic E-state index is -0.778. The third-order valence-electron chi connectivity index (χ3n) is 11.1. The standard InChI is InChI=1S/C26H22FNO4.C25H20FNO4/c1-30-26(29)19-15-28(16-19)14-17-7-9-22(23(27)11-17)25-13-18-12-21(8-10-24(18)32-25)31-20-5-3-2-4-6-20;26-22-10-16(13-27-14-18(15-27)25(28)29)6-8-21(22)24-12-17-11-20(7-9-23(17)31-24)30-19-4-2-1-3-5-19/h2-13,19H,14-16H2,1H3;1-12,18H,13-15H2,(H,28,29). The van der Waals surface area contributed by atoms with Crippen LogP contribution in [0.1, 0.15) is 11.1 Å². The molecular weight excluding hydrogens is 807 g/mol. The van der Waals surface area contributed by atoms with E-state index in [1.165, 1.54) is 19.2 Å². The van der Waals surface area contributed by atoms with Crippen LogP contribution in [0.25, 0.3) is 44.6 Å². The molecule has 0 amide bonds. The van der Waals surface area contributed by atoms with Gasteiger partial charge in [-0.25, -0.2) is 8.78 Å². The number of ether oxygens (including phenoxy) is 3. The number of furan rings is 2. The number of esters is 1. The van der Waals surface area contributed by atoms with Gasteiger partial charge in [-0.3, -0.25) is 19.4 Å². The molecule has 10 rings (SSSR count). The van der Waals surface area contributed by atoms with Crippen molar-refractivity contribution in [2.75, 3.05) is 33.3 Å². The molecule has 1 N–H and O–H groups in total. The lowest BCUT2D eigenvalue weighted by Crippen LogP contribution is -2.49. The second kappa shape index (κ2) is 18.0. The van der Waals surface area contributed by atoms with E-state index in [0.717, 1.165) is 33.4 Å². The minimum absolute atomic E-state index is 0.0876. The number of nitrogens with zero attached hydrogens (tertiary/aromatic N) is 2. The summed E-state index contributed by atoms with van der Waals surface area (Å²) < 4.78 is 57.9. The maximum atomic E-state index is 14.9. The molecule has 2 aliphatic rings. The summed E-state index contributed by atoms with van der Waals surface area (Å²) in [6, 6.07) is 43.9. The van der Waals surface area contributed by atoms with E-state index in [9.17, 15) is 18.4 Å². The van der Waals surface area contributed by atoms with Crippen LogP contribution in [0.4, 0.5) is 8.78 Å². The summed E-state index contributed by atoms with van der Waals surface area (Å²) in [4.78, 5) is 26.5. The quantitative estimate of drug-likeness (QED) is 0.119. The molecule has 0 atom stereocenters. The molecule has 12 heteroatoms. The van der Waals surface area contributed by atoms with Crippen LogP contribution in [-0.2, 0) is 27.4 Å². The Morgan fingerprint density at radius 2 is 1.02 bits per heavy atom. The highest BCUT2D eigenvalue weighted by Crippen LogP contribution is 2.35. The van der Waals surface area contributed by atoms with E-state index >= 15 is 0 Å². The second-order valence-electron chi connectivity index (χ2n) is 15.7. The van der Waals surface area contributed by atoms with Crippen LogP contribution in [0.15, 0.2) is 154 Å². The lowest BCUT2D eigenvalue weighted by Gasteiger charge is -2.37. The smallest absolute Gasteiger partial charge is 0.311 e. The Kier molecular flexibility index (Phi) is 11.7. The zero-order valence-electron chi connectivity index (χ0n) is 34.2. The lowest BCUT2D eigenvalue weighted by molar-refractivity contribution is -0.151. The molecule has 0 aliphatic carbocycles. The van der Waals surface area contributed by atoms with Crippen LogP contribution in [0.3, 0.4) is 0 Å². The van der Waals surface area contributed by atoms with Gasteiger partial charge in [0.1, 0.15) is 57.3 Å². The number of hydrogen-bond acceptors (Lipinski definition) is 9. The number of halogens is 2. The molecule has 318 valence electrons. The fourth-order valence-electron chi connectivity index (χ4n) is 7.78. The Labute approximate surface area is 361 Å². The Morgan fingerprint density at radius 3 is 1.43 bits per heavy atom. The van der Waals surface area contributed by atoms with Gasteiger partial charge in [-0.05, 0) is 108 Å². The van der Waals surface area contributed by atoms with Crippen molar-refractivity contribution >= 4 is 33.9 Å². The fraction of sp³-hybridized carbons (Fsp3) is 0.176. The molecule has 2 aromatic heterocycles. The summed E-state index contributed by atoms with van der Waals surface area (Å²) in [6.45, 7) is 3.37. The van der Waals surface area contributed by atoms with Gasteiger partial charge >= 0.3 is 11.9 Å². The zero-order valence-corrected chi connectivity index (χ0v) is 34.2. The largest absolute Gasteiger partial charge is 0.481 e. The van der Waals surface area contributed by atoms with Crippen molar-refractivity contribution in [3.8, 4) is 45.6 Å². The van der Waals surface area contributed by atoms with Gasteiger partial charge in [0.15, 0.2) is 0 Å². The fourth-order valence-corrected chi connectivity index (χ4v) is 7.78. The Morgan fingerprint density at radius 1 is 0.571 bits per heavy atom. The molecular formula is C51H42F2N2O8. The third-order valence-corrected chi connectivity index (χ3v) is 11.1. The number of carbonyl (C=O) groups excluding carboxylic acids is 1. The SMILES string of the molecule is COC(=O)C1CN(Cc2ccc(-c3cc4cc(Oc5ccccc5)ccc4o3)c(F)c2)C1.O=C(O)C1CN(Cc2ccc(-c3cc4cc(Oc5ccccc5)ccc4o3)c(F)c2)C1. The van der Waals surface area contributed by atoms with Crippen molar-refractivity contribution in [2.45, 2.75) is 13.1 Å². The first-order chi connectivity index (χ1) is 30.6. The number of benzene rings is 6. The molecule has 6 aromatic carbocycles. The monoisotopic (exact) mass is 848 g/mol. The lowest BCUT2D eigenvalue weighted by atomic mass is 9.99. The molecule has 0 saturated carbocycles. The molecule has 0 bridgehead atoms. The third kappa shape index (κ3) is 9.47. The van der Waals surface area contributed by atoms with Crippen molar-refractivity contribution in [3.63, 3.8) is 0 Å². The van der Waals surface area contributed by atoms with Crippen LogP contribution >= 0.6 is 0 Å². The predicted molar refractivity (Wildman–Crippen MR) is 233 cm³/mol. The first-order valence-corrected chi connectivity index (χ1v) is 20.5. The Balaban J connectivity index is 0.000000160. The number of rotatable bonds is 12. The van der Waals surface area contributed by atoms with Crippen molar-refractivity contribution in [3.05, 3.63) is 168 Å². The maximum absolute atomic E-state index is 14.9. The van der Waals surface area contributed by atoms with Crippen molar-refractivity contribution in [2.24, 2.45) is 11.8 Å². The van der Waals surface area contributed by atoms with Crippen LogP contribution in [0.5, 0.6) is 23.0 Å². The van der Waals surface area contributed by atoms with Gasteiger partial charge in [-0.2, -0.15) is 0 Å². The Bertz CT molecular complexity index is 2900. The number of hydrogen-bond donors (Lipinski definition) is 1. The molecule has 8 aromatic rings. The van der Waals surface area contributed by atoms with E-state index in [2.05, 4.69) is 4.90 Å². The number of likely N-dealkylation sites (tertiary alicyclic amines) is 2. The summed E-state index contributed by atoms with van der Waals surface area (Å²) in [6.07, 6.45) is 0. The maximum Gasteiger partial charge on any atom is 0.311 e. The van der Waals surface area contributed by atoms with E-state index < -0.39 is 5.97 Å². The van der Waals surface area contributed by atoms with E-state index in [4.69, 9.17) is 28.2 Å². The Hall–Kier alpha value is -7.28. The topological polar surface area (TPSA) is 115 Å². The summed E-state index contributed by atoms with van der Waals surface area (Å²) in [5, 5.41) is 10.6. The molecule has 2 fully saturated rings. The van der Waals surface area contributed by atoms with Gasteiger partial charge in [0, 0.05) is 50.0 Å². The van der Waals surface area contributed by atoms with Gasteiger partial charge in [-0.15, -0.1) is 0 Å². The average Bonchev–Trinajstić information content (AvgIpc) is 3.88. The predicted octanol–water partition coefficient (Wildman–Crippen LogP) is 11.2. The van der Waals surface area contributed by atoms with E-state index in [0.29, 0.717) is 84.6 Å². The molecule has 2 aliphatic heterocycles. The summed E-state index contributed by atoms with van der Waals surface area (Å²) >= 11 is 0. The number of para-hydroxylation sites is 2. The van der Waals surface area contributed by atoms with E-state index in [1.54, 1.807) is 18.2 Å². The number of methoxy groups -OCH3 is 1. The molecule has 2 saturated heterocycles. The van der Waals surface area contributed by atoms with E-state index in [1.807, 2.05) is 120 Å². The van der Waals surface area contributed by atoms with Crippen LogP contribution in [-0.4, -0.2) is 60.1 Å².